The van der Waals surface area contributed by atoms with Crippen LogP contribution in [0.5, 0.6) is 0 Å². The predicted molar refractivity (Wildman–Crippen MR) is 88.6 cm³/mol. The SMILES string of the molecule is Cc1cc(F)ccc1-n1ccc(NC(=O)N[C@@H](C)C(=O)N(C)C)n1. The summed E-state index contributed by atoms with van der Waals surface area (Å²) in [6.45, 7) is 3.37. The quantitative estimate of drug-likeness (QED) is 0.897. The standard InChI is InChI=1S/C16H20FN5O2/c1-10-9-12(17)5-6-13(10)22-8-7-14(20-22)19-16(24)18-11(2)15(23)21(3)4/h5-9,11H,1-4H3,(H2,18,19,20,24)/t11-/m0/s1. The average Bonchev–Trinajstić information content (AvgIpc) is 2.94. The molecular formula is C16H20FN5O2. The number of nitrogens with zero attached hydrogens (tertiary/aromatic N) is 3. The van der Waals surface area contributed by atoms with Gasteiger partial charge in [0.2, 0.25) is 5.91 Å². The number of hydrogen-bond donors (Lipinski definition) is 2. The minimum absolute atomic E-state index is 0.211. The second kappa shape index (κ2) is 7.12. The molecule has 7 nitrogen and oxygen atoms in total. The number of hydrogen-bond acceptors (Lipinski definition) is 3. The van der Waals surface area contributed by atoms with Gasteiger partial charge in [-0.3, -0.25) is 10.1 Å². The molecule has 0 aliphatic rings. The molecule has 1 aromatic heterocycles. The van der Waals surface area contributed by atoms with E-state index >= 15 is 0 Å². The summed E-state index contributed by atoms with van der Waals surface area (Å²) in [5.74, 6) is -0.209. The summed E-state index contributed by atoms with van der Waals surface area (Å²) in [5, 5.41) is 9.32. The van der Waals surface area contributed by atoms with E-state index in [1.54, 1.807) is 51.0 Å². The van der Waals surface area contributed by atoms with Gasteiger partial charge in [0.15, 0.2) is 5.82 Å². The highest BCUT2D eigenvalue weighted by Crippen LogP contribution is 2.16. The van der Waals surface area contributed by atoms with E-state index in [2.05, 4.69) is 15.7 Å². The number of rotatable bonds is 4. The van der Waals surface area contributed by atoms with Gasteiger partial charge < -0.3 is 10.2 Å². The van der Waals surface area contributed by atoms with Crippen molar-refractivity contribution in [2.24, 2.45) is 0 Å². The van der Waals surface area contributed by atoms with Gasteiger partial charge in [-0.1, -0.05) is 0 Å². The molecule has 0 aliphatic carbocycles. The highest BCUT2D eigenvalue weighted by Gasteiger charge is 2.17. The van der Waals surface area contributed by atoms with E-state index in [0.717, 1.165) is 5.56 Å². The number of anilines is 1. The molecule has 1 aromatic carbocycles. The van der Waals surface area contributed by atoms with Crippen molar-refractivity contribution in [1.29, 1.82) is 0 Å². The Morgan fingerprint density at radius 3 is 2.62 bits per heavy atom. The van der Waals surface area contributed by atoms with Crippen LogP contribution in [0.4, 0.5) is 15.0 Å². The molecular weight excluding hydrogens is 313 g/mol. The Morgan fingerprint density at radius 2 is 2.00 bits per heavy atom. The van der Waals surface area contributed by atoms with Crippen molar-refractivity contribution in [2.75, 3.05) is 19.4 Å². The number of nitrogens with one attached hydrogen (secondary N) is 2. The van der Waals surface area contributed by atoms with Crippen LogP contribution in [0.1, 0.15) is 12.5 Å². The molecule has 2 aromatic rings. The molecule has 0 saturated heterocycles. The summed E-state index contributed by atoms with van der Waals surface area (Å²) >= 11 is 0. The molecule has 0 bridgehead atoms. The topological polar surface area (TPSA) is 79.3 Å². The zero-order valence-electron chi connectivity index (χ0n) is 14.0. The van der Waals surface area contributed by atoms with E-state index in [-0.39, 0.29) is 11.7 Å². The lowest BCUT2D eigenvalue weighted by Crippen LogP contribution is -2.45. The minimum Gasteiger partial charge on any atom is -0.347 e. The van der Waals surface area contributed by atoms with Crippen LogP contribution in [-0.4, -0.2) is 46.8 Å². The van der Waals surface area contributed by atoms with E-state index < -0.39 is 12.1 Å². The van der Waals surface area contributed by atoms with Crippen LogP contribution in [0.3, 0.4) is 0 Å². The number of halogens is 1. The zero-order valence-corrected chi connectivity index (χ0v) is 14.0. The second-order valence-corrected chi connectivity index (χ2v) is 5.63. The fraction of sp³-hybridized carbons (Fsp3) is 0.312. The molecule has 0 fully saturated rings. The van der Waals surface area contributed by atoms with Crippen molar-refractivity contribution in [2.45, 2.75) is 19.9 Å². The van der Waals surface area contributed by atoms with Crippen LogP contribution >= 0.6 is 0 Å². The van der Waals surface area contributed by atoms with Gasteiger partial charge in [-0.25, -0.2) is 13.9 Å². The molecule has 2 N–H and O–H groups in total. The van der Waals surface area contributed by atoms with E-state index in [4.69, 9.17) is 0 Å². The van der Waals surface area contributed by atoms with Crippen molar-refractivity contribution >= 4 is 17.8 Å². The van der Waals surface area contributed by atoms with Gasteiger partial charge in [-0.15, -0.1) is 5.10 Å². The van der Waals surface area contributed by atoms with Crippen molar-refractivity contribution < 1.29 is 14.0 Å². The summed E-state index contributed by atoms with van der Waals surface area (Å²) in [4.78, 5) is 25.0. The van der Waals surface area contributed by atoms with Crippen molar-refractivity contribution in [3.8, 4) is 5.69 Å². The number of urea groups is 1. The number of amides is 3. The van der Waals surface area contributed by atoms with Crippen LogP contribution in [-0.2, 0) is 4.79 Å². The number of aromatic nitrogens is 2. The van der Waals surface area contributed by atoms with E-state index in [1.807, 2.05) is 0 Å². The van der Waals surface area contributed by atoms with E-state index in [9.17, 15) is 14.0 Å². The summed E-state index contributed by atoms with van der Waals surface area (Å²) in [7, 11) is 3.23. The molecule has 1 atom stereocenters. The van der Waals surface area contributed by atoms with Crippen LogP contribution in [0, 0.1) is 12.7 Å². The number of likely N-dealkylation sites (N-methyl/N-ethyl adjacent to an activating group) is 1. The average molecular weight is 333 g/mol. The third kappa shape index (κ3) is 4.09. The minimum atomic E-state index is -0.651. The lowest BCUT2D eigenvalue weighted by Gasteiger charge is -2.17. The van der Waals surface area contributed by atoms with Crippen molar-refractivity contribution in [3.63, 3.8) is 0 Å². The highest BCUT2D eigenvalue weighted by molar-refractivity contribution is 5.92. The summed E-state index contributed by atoms with van der Waals surface area (Å²) in [5.41, 5.74) is 1.43. The molecule has 2 rings (SSSR count). The Bertz CT molecular complexity index is 757. The van der Waals surface area contributed by atoms with Gasteiger partial charge in [-0.2, -0.15) is 0 Å². The molecule has 0 aliphatic heterocycles. The smallest absolute Gasteiger partial charge is 0.321 e. The normalized spacial score (nSPS) is 11.7. The van der Waals surface area contributed by atoms with Gasteiger partial charge in [0, 0.05) is 26.4 Å². The predicted octanol–water partition coefficient (Wildman–Crippen LogP) is 1.92. The van der Waals surface area contributed by atoms with Crippen LogP contribution in [0.2, 0.25) is 0 Å². The molecule has 8 heteroatoms. The maximum atomic E-state index is 13.2. The summed E-state index contributed by atoms with van der Waals surface area (Å²) in [6.07, 6.45) is 1.66. The van der Waals surface area contributed by atoms with Gasteiger partial charge in [0.05, 0.1) is 5.69 Å². The molecule has 0 saturated carbocycles. The lowest BCUT2D eigenvalue weighted by molar-refractivity contribution is -0.130. The molecule has 0 unspecified atom stereocenters. The fourth-order valence-corrected chi connectivity index (χ4v) is 2.20. The first kappa shape index (κ1) is 17.5. The monoisotopic (exact) mass is 333 g/mol. The highest BCUT2D eigenvalue weighted by atomic mass is 19.1. The van der Waals surface area contributed by atoms with Crippen molar-refractivity contribution in [1.82, 2.24) is 20.0 Å². The number of aryl methyl sites for hydroxylation is 1. The van der Waals surface area contributed by atoms with Gasteiger partial charge >= 0.3 is 6.03 Å². The zero-order chi connectivity index (χ0) is 17.9. The Balaban J connectivity index is 2.03. The first-order valence-electron chi connectivity index (χ1n) is 7.39. The van der Waals surface area contributed by atoms with E-state index in [0.29, 0.717) is 11.5 Å². The van der Waals surface area contributed by atoms with Gasteiger partial charge in [0.1, 0.15) is 11.9 Å². The number of carbonyl (C=O) groups is 2. The molecule has 0 radical (unpaired) electrons. The Morgan fingerprint density at radius 1 is 1.29 bits per heavy atom. The van der Waals surface area contributed by atoms with Crippen molar-refractivity contribution in [3.05, 3.63) is 41.8 Å². The van der Waals surface area contributed by atoms with Crippen LogP contribution in [0.15, 0.2) is 30.5 Å². The molecule has 128 valence electrons. The first-order chi connectivity index (χ1) is 11.3. The third-order valence-electron chi connectivity index (χ3n) is 3.40. The maximum Gasteiger partial charge on any atom is 0.321 e. The van der Waals surface area contributed by atoms with Gasteiger partial charge in [-0.05, 0) is 37.6 Å². The molecule has 0 spiro atoms. The Labute approximate surface area is 139 Å². The fourth-order valence-electron chi connectivity index (χ4n) is 2.20. The maximum absolute atomic E-state index is 13.2. The molecule has 24 heavy (non-hydrogen) atoms. The van der Waals surface area contributed by atoms with Crippen LogP contribution in [0.25, 0.3) is 5.69 Å². The lowest BCUT2D eigenvalue weighted by atomic mass is 10.2. The molecule has 1 heterocycles. The second-order valence-electron chi connectivity index (χ2n) is 5.63. The molecule has 3 amide bonds. The summed E-state index contributed by atoms with van der Waals surface area (Å²) < 4.78 is 14.7. The Kier molecular flexibility index (Phi) is 5.18. The number of benzene rings is 1. The third-order valence-corrected chi connectivity index (χ3v) is 3.40. The van der Waals surface area contributed by atoms with Gasteiger partial charge in [0.25, 0.3) is 0 Å². The summed E-state index contributed by atoms with van der Waals surface area (Å²) in [6, 6.07) is 4.80. The largest absolute Gasteiger partial charge is 0.347 e. The van der Waals surface area contributed by atoms with E-state index in [1.165, 1.54) is 17.0 Å². The Hall–Kier alpha value is -2.90. The first-order valence-corrected chi connectivity index (χ1v) is 7.39. The number of carbonyl (C=O) groups excluding carboxylic acids is 2. The van der Waals surface area contributed by atoms with Crippen LogP contribution < -0.4 is 10.6 Å².